The van der Waals surface area contributed by atoms with Crippen LogP contribution in [0.1, 0.15) is 27.0 Å². The molecule has 0 heterocycles. The van der Waals surface area contributed by atoms with Crippen LogP contribution in [0.25, 0.3) is 0 Å². The standard InChI is InChI=1S/C24H21N3O5/c25-24(30)21(26-22(28)15-17-5-4-8-20(13-17)27(31)32)14-16-9-11-19(12-10-16)23(29)18-6-2-1-3-7-18/h1-13,21H,14-15H2,(H2,25,30)(H,26,28)/t21-/m0/s1. The van der Waals surface area contributed by atoms with E-state index in [2.05, 4.69) is 5.32 Å². The second-order valence-electron chi connectivity index (χ2n) is 7.22. The summed E-state index contributed by atoms with van der Waals surface area (Å²) in [6, 6.07) is 20.4. The number of benzene rings is 3. The van der Waals surface area contributed by atoms with E-state index in [1.54, 1.807) is 54.6 Å². The van der Waals surface area contributed by atoms with E-state index in [1.807, 2.05) is 6.07 Å². The molecular weight excluding hydrogens is 410 g/mol. The van der Waals surface area contributed by atoms with Crippen LogP contribution in [0.3, 0.4) is 0 Å². The molecule has 0 spiro atoms. The third-order valence-electron chi connectivity index (χ3n) is 4.86. The second-order valence-corrected chi connectivity index (χ2v) is 7.22. The molecule has 0 saturated carbocycles. The van der Waals surface area contributed by atoms with Gasteiger partial charge in [0.15, 0.2) is 5.78 Å². The van der Waals surface area contributed by atoms with Crippen LogP contribution in [0, 0.1) is 10.1 Å². The molecule has 0 aliphatic heterocycles. The Bertz CT molecular complexity index is 1140. The Morgan fingerprint density at radius 2 is 1.53 bits per heavy atom. The minimum absolute atomic E-state index is 0.117. The maximum atomic E-state index is 12.5. The molecule has 0 aliphatic rings. The average molecular weight is 431 g/mol. The predicted molar refractivity (Wildman–Crippen MR) is 118 cm³/mol. The number of nitro groups is 1. The molecule has 0 fully saturated rings. The van der Waals surface area contributed by atoms with Gasteiger partial charge in [-0.3, -0.25) is 24.5 Å². The summed E-state index contributed by atoms with van der Waals surface area (Å²) in [6.45, 7) is 0. The van der Waals surface area contributed by atoms with Crippen molar-refractivity contribution in [3.8, 4) is 0 Å². The Morgan fingerprint density at radius 1 is 0.875 bits per heavy atom. The number of nitrogens with zero attached hydrogens (tertiary/aromatic N) is 1. The van der Waals surface area contributed by atoms with Crippen molar-refractivity contribution >= 4 is 23.3 Å². The number of nitrogens with two attached hydrogens (primary N) is 1. The highest BCUT2D eigenvalue weighted by Crippen LogP contribution is 2.14. The summed E-state index contributed by atoms with van der Waals surface area (Å²) in [4.78, 5) is 47.1. The van der Waals surface area contributed by atoms with Gasteiger partial charge in [-0.05, 0) is 11.1 Å². The van der Waals surface area contributed by atoms with Gasteiger partial charge in [-0.1, -0.05) is 66.7 Å². The van der Waals surface area contributed by atoms with Gasteiger partial charge >= 0.3 is 0 Å². The first-order valence-corrected chi connectivity index (χ1v) is 9.84. The van der Waals surface area contributed by atoms with Gasteiger partial charge in [0.25, 0.3) is 5.69 Å². The van der Waals surface area contributed by atoms with E-state index in [-0.39, 0.29) is 24.3 Å². The molecule has 2 amide bonds. The Labute approximate surface area is 184 Å². The van der Waals surface area contributed by atoms with E-state index in [0.717, 1.165) is 0 Å². The molecule has 0 unspecified atom stereocenters. The van der Waals surface area contributed by atoms with Crippen LogP contribution in [0.5, 0.6) is 0 Å². The Balaban J connectivity index is 1.64. The summed E-state index contributed by atoms with van der Waals surface area (Å²) in [6.07, 6.45) is 0.0196. The van der Waals surface area contributed by atoms with E-state index in [0.29, 0.717) is 22.3 Å². The van der Waals surface area contributed by atoms with Crippen LogP contribution in [0.15, 0.2) is 78.9 Å². The van der Waals surface area contributed by atoms with Crippen molar-refractivity contribution in [1.82, 2.24) is 5.32 Å². The van der Waals surface area contributed by atoms with Crippen LogP contribution < -0.4 is 11.1 Å². The minimum Gasteiger partial charge on any atom is -0.368 e. The smallest absolute Gasteiger partial charge is 0.269 e. The largest absolute Gasteiger partial charge is 0.368 e. The van der Waals surface area contributed by atoms with Crippen molar-refractivity contribution in [2.75, 3.05) is 0 Å². The predicted octanol–water partition coefficient (Wildman–Crippen LogP) is 2.58. The van der Waals surface area contributed by atoms with Crippen molar-refractivity contribution < 1.29 is 19.3 Å². The van der Waals surface area contributed by atoms with E-state index < -0.39 is 22.8 Å². The highest BCUT2D eigenvalue weighted by molar-refractivity contribution is 6.08. The SMILES string of the molecule is NC(=O)[C@H](Cc1ccc(C(=O)c2ccccc2)cc1)NC(=O)Cc1cccc([N+](=O)[O-])c1. The third kappa shape index (κ3) is 5.85. The van der Waals surface area contributed by atoms with Gasteiger partial charge in [0, 0.05) is 29.7 Å². The van der Waals surface area contributed by atoms with E-state index >= 15 is 0 Å². The fraction of sp³-hybridized carbons (Fsp3) is 0.125. The number of hydrogen-bond donors (Lipinski definition) is 2. The fourth-order valence-electron chi connectivity index (χ4n) is 3.22. The number of hydrogen-bond acceptors (Lipinski definition) is 5. The van der Waals surface area contributed by atoms with Crippen LogP contribution in [0.4, 0.5) is 5.69 Å². The second kappa shape index (κ2) is 10.1. The number of non-ortho nitro benzene ring substituents is 1. The quantitative estimate of drug-likeness (QED) is 0.305. The Hall–Kier alpha value is -4.33. The number of carbonyl (C=O) groups is 3. The van der Waals surface area contributed by atoms with Crippen molar-refractivity contribution in [2.24, 2.45) is 5.73 Å². The number of amides is 2. The van der Waals surface area contributed by atoms with Crippen molar-refractivity contribution in [2.45, 2.75) is 18.9 Å². The van der Waals surface area contributed by atoms with Gasteiger partial charge in [-0.2, -0.15) is 0 Å². The Morgan fingerprint density at radius 3 is 2.16 bits per heavy atom. The van der Waals surface area contributed by atoms with Gasteiger partial charge in [-0.25, -0.2) is 0 Å². The molecule has 8 nitrogen and oxygen atoms in total. The zero-order valence-electron chi connectivity index (χ0n) is 17.1. The lowest BCUT2D eigenvalue weighted by Crippen LogP contribution is -2.46. The first kappa shape index (κ1) is 22.4. The summed E-state index contributed by atoms with van der Waals surface area (Å²) >= 11 is 0. The number of nitrogens with one attached hydrogen (secondary N) is 1. The molecule has 0 aromatic heterocycles. The molecule has 3 N–H and O–H groups in total. The highest BCUT2D eigenvalue weighted by Gasteiger charge is 2.20. The van der Waals surface area contributed by atoms with Gasteiger partial charge in [0.1, 0.15) is 6.04 Å². The molecule has 0 bridgehead atoms. The molecule has 3 rings (SSSR count). The van der Waals surface area contributed by atoms with E-state index in [4.69, 9.17) is 5.73 Å². The van der Waals surface area contributed by atoms with E-state index in [1.165, 1.54) is 18.2 Å². The normalized spacial score (nSPS) is 11.4. The molecule has 3 aromatic rings. The van der Waals surface area contributed by atoms with Crippen molar-refractivity contribution in [3.05, 3.63) is 111 Å². The molecular formula is C24H21N3O5. The zero-order valence-corrected chi connectivity index (χ0v) is 17.1. The zero-order chi connectivity index (χ0) is 23.1. The minimum atomic E-state index is -0.961. The van der Waals surface area contributed by atoms with Crippen LogP contribution in [-0.2, 0) is 22.4 Å². The maximum absolute atomic E-state index is 12.5. The number of primary amides is 1. The topological polar surface area (TPSA) is 132 Å². The van der Waals surface area contributed by atoms with Crippen LogP contribution >= 0.6 is 0 Å². The summed E-state index contributed by atoms with van der Waals surface area (Å²) in [5.74, 6) is -1.30. The highest BCUT2D eigenvalue weighted by atomic mass is 16.6. The number of rotatable bonds is 9. The molecule has 0 aliphatic carbocycles. The monoisotopic (exact) mass is 431 g/mol. The van der Waals surface area contributed by atoms with Gasteiger partial charge < -0.3 is 11.1 Å². The molecule has 32 heavy (non-hydrogen) atoms. The molecule has 0 radical (unpaired) electrons. The lowest BCUT2D eigenvalue weighted by molar-refractivity contribution is -0.384. The number of nitro benzene ring substituents is 1. The average Bonchev–Trinajstić information content (AvgIpc) is 2.79. The molecule has 1 atom stereocenters. The lowest BCUT2D eigenvalue weighted by Gasteiger charge is -2.16. The lowest BCUT2D eigenvalue weighted by atomic mass is 9.99. The number of carbonyl (C=O) groups excluding carboxylic acids is 3. The van der Waals surface area contributed by atoms with Crippen LogP contribution in [0.2, 0.25) is 0 Å². The molecule has 0 saturated heterocycles. The molecule has 3 aromatic carbocycles. The summed E-state index contributed by atoms with van der Waals surface area (Å²) in [7, 11) is 0. The molecule has 8 heteroatoms. The summed E-state index contributed by atoms with van der Waals surface area (Å²) in [5.41, 5.74) is 7.57. The van der Waals surface area contributed by atoms with Crippen molar-refractivity contribution in [1.29, 1.82) is 0 Å². The third-order valence-corrected chi connectivity index (χ3v) is 4.86. The maximum Gasteiger partial charge on any atom is 0.269 e. The van der Waals surface area contributed by atoms with E-state index in [9.17, 15) is 24.5 Å². The summed E-state index contributed by atoms with van der Waals surface area (Å²) < 4.78 is 0. The molecule has 162 valence electrons. The Kier molecular flexibility index (Phi) is 7.07. The summed E-state index contributed by atoms with van der Waals surface area (Å²) in [5, 5.41) is 13.5. The first-order chi connectivity index (χ1) is 15.3. The van der Waals surface area contributed by atoms with Gasteiger partial charge in [0.05, 0.1) is 11.3 Å². The number of ketones is 1. The van der Waals surface area contributed by atoms with Crippen molar-refractivity contribution in [3.63, 3.8) is 0 Å². The van der Waals surface area contributed by atoms with Gasteiger partial charge in [-0.15, -0.1) is 0 Å². The first-order valence-electron chi connectivity index (χ1n) is 9.84. The van der Waals surface area contributed by atoms with Gasteiger partial charge in [0.2, 0.25) is 11.8 Å². The fourth-order valence-corrected chi connectivity index (χ4v) is 3.22. The van der Waals surface area contributed by atoms with Crippen LogP contribution in [-0.4, -0.2) is 28.6 Å².